The Hall–Kier alpha value is -0.160. The zero-order valence-corrected chi connectivity index (χ0v) is 10.7. The van der Waals surface area contributed by atoms with Crippen LogP contribution in [0.3, 0.4) is 0 Å². The van der Waals surface area contributed by atoms with E-state index in [0.29, 0.717) is 6.54 Å². The zero-order valence-electron chi connectivity index (χ0n) is 10.7. The third kappa shape index (κ3) is 2.65. The first-order valence-corrected chi connectivity index (χ1v) is 6.97. The molecule has 2 aliphatic rings. The molecule has 1 saturated heterocycles. The van der Waals surface area contributed by atoms with Crippen LogP contribution < -0.4 is 5.73 Å². The quantitative estimate of drug-likeness (QED) is 0.757. The Morgan fingerprint density at radius 2 is 1.82 bits per heavy atom. The van der Waals surface area contributed by atoms with Gasteiger partial charge in [0.05, 0.1) is 13.2 Å². The maximum Gasteiger partial charge on any atom is 0.0594 e. The minimum absolute atomic E-state index is 0.144. The molecule has 4 heteroatoms. The number of hydrogen-bond donors (Lipinski definition) is 2. The molecule has 0 bridgehead atoms. The van der Waals surface area contributed by atoms with E-state index in [1.165, 1.54) is 32.1 Å². The molecule has 0 aromatic carbocycles. The molecule has 4 nitrogen and oxygen atoms in total. The summed E-state index contributed by atoms with van der Waals surface area (Å²) in [7, 11) is 0. The van der Waals surface area contributed by atoms with Crippen LogP contribution in [0.1, 0.15) is 32.1 Å². The van der Waals surface area contributed by atoms with Crippen LogP contribution in [-0.2, 0) is 4.74 Å². The van der Waals surface area contributed by atoms with E-state index in [1.54, 1.807) is 0 Å². The fourth-order valence-corrected chi connectivity index (χ4v) is 3.62. The van der Waals surface area contributed by atoms with Crippen molar-refractivity contribution in [1.82, 2.24) is 4.90 Å². The summed E-state index contributed by atoms with van der Waals surface area (Å²) in [5, 5.41) is 9.64. The van der Waals surface area contributed by atoms with Gasteiger partial charge >= 0.3 is 0 Å². The van der Waals surface area contributed by atoms with Gasteiger partial charge in [-0.05, 0) is 19.4 Å². The molecular formula is C13H26N2O2. The topological polar surface area (TPSA) is 58.7 Å². The molecule has 1 heterocycles. The van der Waals surface area contributed by atoms with Crippen LogP contribution in [0.2, 0.25) is 0 Å². The van der Waals surface area contributed by atoms with Gasteiger partial charge < -0.3 is 15.6 Å². The largest absolute Gasteiger partial charge is 0.396 e. The molecule has 1 aliphatic heterocycles. The highest BCUT2D eigenvalue weighted by Gasteiger charge is 2.43. The van der Waals surface area contributed by atoms with Crippen LogP contribution in [0, 0.1) is 5.92 Å². The first-order chi connectivity index (χ1) is 8.33. The van der Waals surface area contributed by atoms with E-state index in [4.69, 9.17) is 10.5 Å². The predicted molar refractivity (Wildman–Crippen MR) is 67.8 cm³/mol. The van der Waals surface area contributed by atoms with Gasteiger partial charge in [-0.25, -0.2) is 0 Å². The highest BCUT2D eigenvalue weighted by molar-refractivity contribution is 4.99. The van der Waals surface area contributed by atoms with Crippen molar-refractivity contribution in [2.45, 2.75) is 37.6 Å². The number of nitrogens with two attached hydrogens (primary N) is 1. The number of ether oxygens (including phenoxy) is 1. The Balaban J connectivity index is 2.14. The molecule has 0 spiro atoms. The second-order valence-corrected chi connectivity index (χ2v) is 5.38. The normalized spacial score (nSPS) is 27.9. The van der Waals surface area contributed by atoms with E-state index in [-0.39, 0.29) is 18.1 Å². The van der Waals surface area contributed by atoms with Crippen molar-refractivity contribution in [1.29, 1.82) is 0 Å². The Morgan fingerprint density at radius 1 is 1.18 bits per heavy atom. The van der Waals surface area contributed by atoms with Crippen molar-refractivity contribution < 1.29 is 9.84 Å². The summed E-state index contributed by atoms with van der Waals surface area (Å²) >= 11 is 0. The Kier molecular flexibility index (Phi) is 4.79. The van der Waals surface area contributed by atoms with Crippen molar-refractivity contribution >= 4 is 0 Å². The predicted octanol–water partition coefficient (Wildman–Crippen LogP) is 0.589. The first kappa shape index (κ1) is 13.3. The van der Waals surface area contributed by atoms with Gasteiger partial charge in [-0.2, -0.15) is 0 Å². The van der Waals surface area contributed by atoms with E-state index in [1.807, 2.05) is 0 Å². The molecule has 2 fully saturated rings. The summed E-state index contributed by atoms with van der Waals surface area (Å²) < 4.78 is 5.45. The van der Waals surface area contributed by atoms with Crippen molar-refractivity contribution in [2.75, 3.05) is 39.5 Å². The van der Waals surface area contributed by atoms with Gasteiger partial charge in [-0.15, -0.1) is 0 Å². The standard InChI is InChI=1S/C13H26N2O2/c14-10-12(11-16)13(4-2-1-3-5-13)15-6-8-17-9-7-15/h12,16H,1-11,14H2/t12-/m0/s1. The lowest BCUT2D eigenvalue weighted by Crippen LogP contribution is -2.60. The molecule has 0 aromatic heterocycles. The lowest BCUT2D eigenvalue weighted by atomic mass is 9.71. The van der Waals surface area contributed by atoms with Crippen LogP contribution in [0.25, 0.3) is 0 Å². The first-order valence-electron chi connectivity index (χ1n) is 6.97. The SMILES string of the molecule is NC[C@@H](CO)C1(N2CCOCC2)CCCCC1. The van der Waals surface area contributed by atoms with Crippen molar-refractivity contribution in [3.63, 3.8) is 0 Å². The van der Waals surface area contributed by atoms with Gasteiger partial charge in [0.15, 0.2) is 0 Å². The molecule has 2 rings (SSSR count). The van der Waals surface area contributed by atoms with Gasteiger partial charge in [-0.3, -0.25) is 4.90 Å². The highest BCUT2D eigenvalue weighted by atomic mass is 16.5. The molecule has 1 aliphatic carbocycles. The Morgan fingerprint density at radius 3 is 2.35 bits per heavy atom. The minimum atomic E-state index is 0.144. The zero-order chi connectivity index (χ0) is 12.1. The lowest BCUT2D eigenvalue weighted by Gasteiger charge is -2.52. The summed E-state index contributed by atoms with van der Waals surface area (Å²) in [6.07, 6.45) is 6.25. The van der Waals surface area contributed by atoms with Crippen molar-refractivity contribution in [3.8, 4) is 0 Å². The molecule has 17 heavy (non-hydrogen) atoms. The minimum Gasteiger partial charge on any atom is -0.396 e. The van der Waals surface area contributed by atoms with Gasteiger partial charge in [0.25, 0.3) is 0 Å². The molecule has 0 radical (unpaired) electrons. The number of morpholine rings is 1. The molecule has 1 saturated carbocycles. The number of aliphatic hydroxyl groups is 1. The van der Waals surface area contributed by atoms with Crippen LogP contribution in [0.4, 0.5) is 0 Å². The van der Waals surface area contributed by atoms with Crippen LogP contribution >= 0.6 is 0 Å². The second-order valence-electron chi connectivity index (χ2n) is 5.38. The number of hydrogen-bond acceptors (Lipinski definition) is 4. The molecule has 100 valence electrons. The fourth-order valence-electron chi connectivity index (χ4n) is 3.62. The van der Waals surface area contributed by atoms with Crippen LogP contribution in [0.15, 0.2) is 0 Å². The fraction of sp³-hybridized carbons (Fsp3) is 1.00. The van der Waals surface area contributed by atoms with E-state index in [2.05, 4.69) is 4.90 Å². The molecule has 0 aromatic rings. The number of rotatable bonds is 4. The maximum atomic E-state index is 9.64. The smallest absolute Gasteiger partial charge is 0.0594 e. The summed E-state index contributed by atoms with van der Waals surface area (Å²) in [5.74, 6) is 0.223. The molecule has 0 amide bonds. The van der Waals surface area contributed by atoms with Gasteiger partial charge in [-0.1, -0.05) is 19.3 Å². The second kappa shape index (κ2) is 6.14. The third-order valence-electron chi connectivity index (χ3n) is 4.63. The number of aliphatic hydroxyl groups excluding tert-OH is 1. The monoisotopic (exact) mass is 242 g/mol. The molecular weight excluding hydrogens is 216 g/mol. The van der Waals surface area contributed by atoms with E-state index < -0.39 is 0 Å². The van der Waals surface area contributed by atoms with Gasteiger partial charge in [0.1, 0.15) is 0 Å². The van der Waals surface area contributed by atoms with E-state index in [0.717, 1.165) is 26.3 Å². The van der Waals surface area contributed by atoms with E-state index >= 15 is 0 Å². The summed E-state index contributed by atoms with van der Waals surface area (Å²) in [5.41, 5.74) is 6.03. The summed E-state index contributed by atoms with van der Waals surface area (Å²) in [6, 6.07) is 0. The van der Waals surface area contributed by atoms with Crippen molar-refractivity contribution in [2.24, 2.45) is 11.7 Å². The Labute approximate surface area is 104 Å². The van der Waals surface area contributed by atoms with Gasteiger partial charge in [0.2, 0.25) is 0 Å². The summed E-state index contributed by atoms with van der Waals surface area (Å²) in [4.78, 5) is 2.55. The average Bonchev–Trinajstić information content (AvgIpc) is 2.42. The molecule has 3 N–H and O–H groups in total. The maximum absolute atomic E-state index is 9.64. The third-order valence-corrected chi connectivity index (χ3v) is 4.63. The number of nitrogens with zero attached hydrogens (tertiary/aromatic N) is 1. The molecule has 1 atom stereocenters. The average molecular weight is 242 g/mol. The van der Waals surface area contributed by atoms with Crippen LogP contribution in [0.5, 0.6) is 0 Å². The molecule has 0 unspecified atom stereocenters. The lowest BCUT2D eigenvalue weighted by molar-refractivity contribution is -0.0721. The van der Waals surface area contributed by atoms with Gasteiger partial charge in [0, 0.05) is 31.2 Å². The van der Waals surface area contributed by atoms with Crippen molar-refractivity contribution in [3.05, 3.63) is 0 Å². The van der Waals surface area contributed by atoms with E-state index in [9.17, 15) is 5.11 Å². The highest BCUT2D eigenvalue weighted by Crippen LogP contribution is 2.39. The van der Waals surface area contributed by atoms with Crippen LogP contribution in [-0.4, -0.2) is 55.0 Å². The Bertz CT molecular complexity index is 219. The summed E-state index contributed by atoms with van der Waals surface area (Å²) in [6.45, 7) is 4.45.